The number of piperidine rings is 1. The lowest BCUT2D eigenvalue weighted by Crippen LogP contribution is -2.58. The molecule has 0 aromatic heterocycles. The summed E-state index contributed by atoms with van der Waals surface area (Å²) in [6, 6.07) is 0.348. The molecule has 0 spiro atoms. The number of nitrogens with zero attached hydrogens (tertiary/aromatic N) is 1. The van der Waals surface area contributed by atoms with Crippen LogP contribution >= 0.6 is 24.8 Å². The van der Waals surface area contributed by atoms with Crippen LogP contribution in [-0.4, -0.2) is 42.0 Å². The molecule has 22 heavy (non-hydrogen) atoms. The second-order valence-corrected chi connectivity index (χ2v) is 7.21. The first-order valence-electron chi connectivity index (χ1n) is 8.48. The molecule has 0 bridgehead atoms. The van der Waals surface area contributed by atoms with Crippen molar-refractivity contribution in [3.8, 4) is 0 Å². The Morgan fingerprint density at radius 1 is 1.05 bits per heavy atom. The summed E-state index contributed by atoms with van der Waals surface area (Å²) in [6.07, 6.45) is 10.2. The van der Waals surface area contributed by atoms with E-state index >= 15 is 0 Å². The fourth-order valence-corrected chi connectivity index (χ4v) is 3.66. The predicted octanol–water partition coefficient (Wildman–Crippen LogP) is 2.48. The molecule has 0 unspecified atom stereocenters. The minimum absolute atomic E-state index is 0. The maximum Gasteiger partial charge on any atom is 0.240 e. The zero-order valence-electron chi connectivity index (χ0n) is 13.4. The van der Waals surface area contributed by atoms with Crippen molar-refractivity contribution in [3.63, 3.8) is 0 Å². The van der Waals surface area contributed by atoms with Crippen LogP contribution in [0.15, 0.2) is 0 Å². The quantitative estimate of drug-likeness (QED) is 0.817. The summed E-state index contributed by atoms with van der Waals surface area (Å²) >= 11 is 0. The molecule has 1 aliphatic heterocycles. The molecule has 0 aromatic carbocycles. The summed E-state index contributed by atoms with van der Waals surface area (Å²) in [5.74, 6) is 1.08. The van der Waals surface area contributed by atoms with Crippen LogP contribution in [-0.2, 0) is 4.79 Å². The third-order valence-corrected chi connectivity index (χ3v) is 5.33. The van der Waals surface area contributed by atoms with E-state index in [0.29, 0.717) is 6.04 Å². The van der Waals surface area contributed by atoms with E-state index in [1.807, 2.05) is 0 Å². The van der Waals surface area contributed by atoms with E-state index in [2.05, 4.69) is 10.2 Å². The van der Waals surface area contributed by atoms with Crippen LogP contribution in [0.3, 0.4) is 0 Å². The maximum absolute atomic E-state index is 12.4. The minimum Gasteiger partial charge on any atom is -0.352 e. The number of halogens is 2. The van der Waals surface area contributed by atoms with Crippen molar-refractivity contribution in [1.29, 1.82) is 0 Å². The minimum atomic E-state index is -0.580. The zero-order chi connectivity index (χ0) is 14.0. The highest BCUT2D eigenvalue weighted by molar-refractivity contribution is 5.86. The molecule has 4 nitrogen and oxygen atoms in total. The first kappa shape index (κ1) is 20.0. The largest absolute Gasteiger partial charge is 0.352 e. The van der Waals surface area contributed by atoms with Gasteiger partial charge in [0.05, 0.1) is 5.54 Å². The molecule has 1 amide bonds. The van der Waals surface area contributed by atoms with Gasteiger partial charge in [-0.25, -0.2) is 0 Å². The van der Waals surface area contributed by atoms with Crippen molar-refractivity contribution < 1.29 is 4.79 Å². The second-order valence-electron chi connectivity index (χ2n) is 7.21. The molecule has 3 fully saturated rings. The van der Waals surface area contributed by atoms with E-state index in [0.717, 1.165) is 57.5 Å². The van der Waals surface area contributed by atoms with E-state index in [9.17, 15) is 4.79 Å². The molecular formula is C16H31Cl2N3O. The number of carbonyl (C=O) groups excluding carboxylic acids is 1. The number of likely N-dealkylation sites (tertiary alicyclic amines) is 1. The number of amides is 1. The van der Waals surface area contributed by atoms with Crippen molar-refractivity contribution in [2.75, 3.05) is 19.6 Å². The van der Waals surface area contributed by atoms with Gasteiger partial charge in [0.15, 0.2) is 0 Å². The second kappa shape index (κ2) is 8.72. The standard InChI is InChI=1S/C16H29N3O.2ClH/c17-16(8-2-1-3-9-16)15(20)18-14-6-10-19(11-7-14)12-13-4-5-13;;/h13-14H,1-12,17H2,(H,18,20);2*1H. The lowest BCUT2D eigenvalue weighted by molar-refractivity contribution is -0.128. The summed E-state index contributed by atoms with van der Waals surface area (Å²) in [4.78, 5) is 15.0. The van der Waals surface area contributed by atoms with Gasteiger partial charge < -0.3 is 16.0 Å². The maximum atomic E-state index is 12.4. The van der Waals surface area contributed by atoms with Crippen molar-refractivity contribution >= 4 is 30.7 Å². The molecule has 2 aliphatic carbocycles. The Labute approximate surface area is 146 Å². The van der Waals surface area contributed by atoms with Crippen molar-refractivity contribution in [2.24, 2.45) is 11.7 Å². The topological polar surface area (TPSA) is 58.4 Å². The number of nitrogens with two attached hydrogens (primary N) is 1. The van der Waals surface area contributed by atoms with Crippen molar-refractivity contribution in [1.82, 2.24) is 10.2 Å². The predicted molar refractivity (Wildman–Crippen MR) is 94.8 cm³/mol. The van der Waals surface area contributed by atoms with Crippen LogP contribution in [0.4, 0.5) is 0 Å². The van der Waals surface area contributed by atoms with Gasteiger partial charge in [0.25, 0.3) is 0 Å². The molecule has 3 N–H and O–H groups in total. The van der Waals surface area contributed by atoms with E-state index in [-0.39, 0.29) is 30.7 Å². The molecule has 2 saturated carbocycles. The SMILES string of the molecule is Cl.Cl.NC1(C(=O)NC2CCN(CC3CC3)CC2)CCCCC1. The number of hydrogen-bond acceptors (Lipinski definition) is 3. The molecule has 0 aromatic rings. The van der Waals surface area contributed by atoms with E-state index in [1.165, 1.54) is 25.8 Å². The number of hydrogen-bond donors (Lipinski definition) is 2. The Morgan fingerprint density at radius 3 is 2.18 bits per heavy atom. The van der Waals surface area contributed by atoms with Gasteiger partial charge in [0.1, 0.15) is 0 Å². The van der Waals surface area contributed by atoms with Gasteiger partial charge in [0, 0.05) is 25.7 Å². The smallest absolute Gasteiger partial charge is 0.240 e. The Balaban J connectivity index is 0.00000121. The van der Waals surface area contributed by atoms with Crippen LogP contribution in [0.5, 0.6) is 0 Å². The molecule has 6 heteroatoms. The van der Waals surface area contributed by atoms with E-state index < -0.39 is 5.54 Å². The summed E-state index contributed by atoms with van der Waals surface area (Å²) in [6.45, 7) is 3.56. The number of carbonyl (C=O) groups is 1. The third kappa shape index (κ3) is 5.26. The van der Waals surface area contributed by atoms with Gasteiger partial charge in [-0.15, -0.1) is 24.8 Å². The highest BCUT2D eigenvalue weighted by Gasteiger charge is 2.36. The van der Waals surface area contributed by atoms with Crippen LogP contribution in [0.25, 0.3) is 0 Å². The monoisotopic (exact) mass is 351 g/mol. The highest BCUT2D eigenvalue weighted by atomic mass is 35.5. The van der Waals surface area contributed by atoms with Gasteiger partial charge in [-0.05, 0) is 44.4 Å². The average molecular weight is 352 g/mol. The molecule has 3 rings (SSSR count). The van der Waals surface area contributed by atoms with Crippen molar-refractivity contribution in [3.05, 3.63) is 0 Å². The highest BCUT2D eigenvalue weighted by Crippen LogP contribution is 2.31. The van der Waals surface area contributed by atoms with E-state index in [1.54, 1.807) is 0 Å². The zero-order valence-corrected chi connectivity index (χ0v) is 15.0. The lowest BCUT2D eigenvalue weighted by Gasteiger charge is -2.36. The van der Waals surface area contributed by atoms with Crippen LogP contribution < -0.4 is 11.1 Å². The molecular weight excluding hydrogens is 321 g/mol. The van der Waals surface area contributed by atoms with Gasteiger partial charge in [0.2, 0.25) is 5.91 Å². The Kier molecular flexibility index (Phi) is 7.93. The van der Waals surface area contributed by atoms with Crippen LogP contribution in [0.1, 0.15) is 57.8 Å². The summed E-state index contributed by atoms with van der Waals surface area (Å²) < 4.78 is 0. The molecule has 0 radical (unpaired) electrons. The summed E-state index contributed by atoms with van der Waals surface area (Å²) in [7, 11) is 0. The lowest BCUT2D eigenvalue weighted by atomic mass is 9.81. The number of rotatable bonds is 4. The van der Waals surface area contributed by atoms with E-state index in [4.69, 9.17) is 5.73 Å². The molecule has 3 aliphatic rings. The number of nitrogens with one attached hydrogen (secondary N) is 1. The van der Waals surface area contributed by atoms with Crippen LogP contribution in [0, 0.1) is 5.92 Å². The van der Waals surface area contributed by atoms with Gasteiger partial charge in [-0.3, -0.25) is 4.79 Å². The molecule has 0 atom stereocenters. The Morgan fingerprint density at radius 2 is 1.64 bits per heavy atom. The Hall–Kier alpha value is -0.0300. The normalized spacial score (nSPS) is 25.7. The molecule has 130 valence electrons. The molecule has 1 heterocycles. The third-order valence-electron chi connectivity index (χ3n) is 5.33. The van der Waals surface area contributed by atoms with Gasteiger partial charge in [-0.1, -0.05) is 19.3 Å². The van der Waals surface area contributed by atoms with Gasteiger partial charge in [-0.2, -0.15) is 0 Å². The van der Waals surface area contributed by atoms with Crippen molar-refractivity contribution in [2.45, 2.75) is 69.4 Å². The summed E-state index contributed by atoms with van der Waals surface area (Å²) in [5, 5.41) is 3.23. The average Bonchev–Trinajstić information content (AvgIpc) is 3.26. The Bertz CT molecular complexity index is 349. The summed E-state index contributed by atoms with van der Waals surface area (Å²) in [5.41, 5.74) is 5.72. The fourth-order valence-electron chi connectivity index (χ4n) is 3.66. The van der Waals surface area contributed by atoms with Crippen LogP contribution in [0.2, 0.25) is 0 Å². The van der Waals surface area contributed by atoms with Gasteiger partial charge >= 0.3 is 0 Å². The fraction of sp³-hybridized carbons (Fsp3) is 0.938. The first-order chi connectivity index (χ1) is 9.66. The molecule has 1 saturated heterocycles. The first-order valence-corrected chi connectivity index (χ1v) is 8.48.